The molecule has 22 heavy (non-hydrogen) atoms. The van der Waals surface area contributed by atoms with Crippen molar-refractivity contribution in [3.8, 4) is 6.07 Å². The molecular weight excluding hydrogens is 274 g/mol. The highest BCUT2D eigenvalue weighted by Crippen LogP contribution is 2.17. The number of nitrogens with one attached hydrogen (secondary N) is 1. The van der Waals surface area contributed by atoms with E-state index >= 15 is 0 Å². The second-order valence-electron chi connectivity index (χ2n) is 4.85. The fourth-order valence-corrected chi connectivity index (χ4v) is 2.28. The van der Waals surface area contributed by atoms with E-state index in [0.29, 0.717) is 0 Å². The van der Waals surface area contributed by atoms with Crippen LogP contribution in [0.1, 0.15) is 25.1 Å². The van der Waals surface area contributed by atoms with Crippen molar-refractivity contribution in [2.45, 2.75) is 26.8 Å². The van der Waals surface area contributed by atoms with Crippen molar-refractivity contribution < 1.29 is 4.79 Å². The van der Waals surface area contributed by atoms with Gasteiger partial charge in [-0.1, -0.05) is 25.1 Å². The lowest BCUT2D eigenvalue weighted by molar-refractivity contribution is -0.112. The average molecular weight is 293 g/mol. The Kier molecular flexibility index (Phi) is 5.16. The molecule has 0 spiro atoms. The standard InChI is InChI=1S/C18H19N3O/c1-3-14-8-5-6-10-17(14)20-18(22)15(13-19)12-16-9-7-11-21(16)4-2/h5-12H,3-4H2,1-2H3,(H,20,22)/b15-12-. The van der Waals surface area contributed by atoms with Gasteiger partial charge in [0, 0.05) is 24.1 Å². The van der Waals surface area contributed by atoms with E-state index in [4.69, 9.17) is 0 Å². The number of benzene rings is 1. The molecule has 0 saturated heterocycles. The number of aromatic nitrogens is 1. The van der Waals surface area contributed by atoms with Gasteiger partial charge in [0.2, 0.25) is 0 Å². The van der Waals surface area contributed by atoms with Crippen molar-refractivity contribution in [2.75, 3.05) is 5.32 Å². The SMILES string of the molecule is CCc1ccccc1NC(=O)/C(C#N)=C\c1cccn1CC. The number of anilines is 1. The van der Waals surface area contributed by atoms with E-state index in [1.54, 1.807) is 6.08 Å². The summed E-state index contributed by atoms with van der Waals surface area (Å²) >= 11 is 0. The van der Waals surface area contributed by atoms with Crippen molar-refractivity contribution in [2.24, 2.45) is 0 Å². The van der Waals surface area contributed by atoms with Crippen LogP contribution in [0.4, 0.5) is 5.69 Å². The van der Waals surface area contributed by atoms with E-state index in [2.05, 4.69) is 5.32 Å². The van der Waals surface area contributed by atoms with Crippen molar-refractivity contribution in [3.05, 3.63) is 59.4 Å². The molecule has 2 rings (SSSR count). The quantitative estimate of drug-likeness (QED) is 0.676. The Hall–Kier alpha value is -2.80. The van der Waals surface area contributed by atoms with Crippen molar-refractivity contribution in [3.63, 3.8) is 0 Å². The maximum Gasteiger partial charge on any atom is 0.266 e. The highest BCUT2D eigenvalue weighted by molar-refractivity contribution is 6.09. The summed E-state index contributed by atoms with van der Waals surface area (Å²) in [4.78, 5) is 12.3. The van der Waals surface area contributed by atoms with Crippen LogP contribution in [0.3, 0.4) is 0 Å². The summed E-state index contributed by atoms with van der Waals surface area (Å²) in [5.41, 5.74) is 2.74. The van der Waals surface area contributed by atoms with Crippen LogP contribution in [0, 0.1) is 11.3 Å². The van der Waals surface area contributed by atoms with Gasteiger partial charge in [-0.25, -0.2) is 0 Å². The molecule has 0 aliphatic rings. The van der Waals surface area contributed by atoms with Crippen molar-refractivity contribution >= 4 is 17.7 Å². The van der Waals surface area contributed by atoms with Crippen LogP contribution in [0.15, 0.2) is 48.2 Å². The van der Waals surface area contributed by atoms with E-state index in [1.807, 2.05) is 67.1 Å². The number of amides is 1. The number of aryl methyl sites for hydroxylation is 2. The Balaban J connectivity index is 2.25. The summed E-state index contributed by atoms with van der Waals surface area (Å²) in [6.45, 7) is 4.83. The predicted octanol–water partition coefficient (Wildman–Crippen LogP) is 3.62. The smallest absolute Gasteiger partial charge is 0.266 e. The van der Waals surface area contributed by atoms with Crippen LogP contribution in [0.25, 0.3) is 6.08 Å². The number of rotatable bonds is 5. The van der Waals surface area contributed by atoms with Gasteiger partial charge < -0.3 is 9.88 Å². The lowest BCUT2D eigenvalue weighted by Gasteiger charge is -2.09. The Morgan fingerprint density at radius 1 is 1.27 bits per heavy atom. The number of carbonyl (C=O) groups excluding carboxylic acids is 1. The minimum atomic E-state index is -0.382. The highest BCUT2D eigenvalue weighted by Gasteiger charge is 2.12. The van der Waals surface area contributed by atoms with Crippen LogP contribution < -0.4 is 5.32 Å². The van der Waals surface area contributed by atoms with Gasteiger partial charge in [-0.15, -0.1) is 0 Å². The van der Waals surface area contributed by atoms with E-state index in [9.17, 15) is 10.1 Å². The normalized spacial score (nSPS) is 11.0. The molecule has 1 aromatic heterocycles. The molecule has 0 atom stereocenters. The number of carbonyl (C=O) groups is 1. The molecule has 1 aromatic carbocycles. The molecule has 1 N–H and O–H groups in total. The van der Waals surface area contributed by atoms with Crippen LogP contribution >= 0.6 is 0 Å². The zero-order chi connectivity index (χ0) is 15.9. The first kappa shape index (κ1) is 15.6. The van der Waals surface area contributed by atoms with Crippen LogP contribution in [0.5, 0.6) is 0 Å². The molecule has 0 unspecified atom stereocenters. The van der Waals surface area contributed by atoms with Crippen molar-refractivity contribution in [1.82, 2.24) is 4.57 Å². The van der Waals surface area contributed by atoms with E-state index in [0.717, 1.165) is 29.9 Å². The maximum absolute atomic E-state index is 12.3. The summed E-state index contributed by atoms with van der Waals surface area (Å²) in [5, 5.41) is 12.1. The monoisotopic (exact) mass is 293 g/mol. The Labute approximate surface area is 130 Å². The number of nitriles is 1. The van der Waals surface area contributed by atoms with Gasteiger partial charge in [0.05, 0.1) is 0 Å². The van der Waals surface area contributed by atoms with Gasteiger partial charge in [-0.05, 0) is 43.2 Å². The summed E-state index contributed by atoms with van der Waals surface area (Å²) < 4.78 is 1.98. The zero-order valence-corrected chi connectivity index (χ0v) is 12.8. The Morgan fingerprint density at radius 2 is 2.05 bits per heavy atom. The first-order valence-corrected chi connectivity index (χ1v) is 7.35. The number of hydrogen-bond acceptors (Lipinski definition) is 2. The topological polar surface area (TPSA) is 57.8 Å². The summed E-state index contributed by atoms with van der Waals surface area (Å²) in [6, 6.07) is 13.4. The van der Waals surface area contributed by atoms with Crippen LogP contribution in [-0.4, -0.2) is 10.5 Å². The molecule has 0 radical (unpaired) electrons. The molecule has 4 nitrogen and oxygen atoms in total. The number of nitrogens with zero attached hydrogens (tertiary/aromatic N) is 2. The van der Waals surface area contributed by atoms with Crippen molar-refractivity contribution in [1.29, 1.82) is 5.26 Å². The highest BCUT2D eigenvalue weighted by atomic mass is 16.1. The second-order valence-corrected chi connectivity index (χ2v) is 4.85. The molecule has 0 aliphatic heterocycles. The summed E-state index contributed by atoms with van der Waals surface area (Å²) in [5.74, 6) is -0.382. The molecule has 1 heterocycles. The third kappa shape index (κ3) is 3.44. The molecule has 2 aromatic rings. The third-order valence-electron chi connectivity index (χ3n) is 3.51. The summed E-state index contributed by atoms with van der Waals surface area (Å²) in [6.07, 6.45) is 4.36. The molecule has 4 heteroatoms. The van der Waals surface area contributed by atoms with Gasteiger partial charge in [-0.2, -0.15) is 5.26 Å². The fraction of sp³-hybridized carbons (Fsp3) is 0.222. The molecule has 0 fully saturated rings. The average Bonchev–Trinajstić information content (AvgIpc) is 3.00. The molecule has 1 amide bonds. The Morgan fingerprint density at radius 3 is 2.73 bits per heavy atom. The molecular formula is C18H19N3O. The molecule has 0 bridgehead atoms. The first-order valence-electron chi connectivity index (χ1n) is 7.35. The van der Waals surface area contributed by atoms with E-state index < -0.39 is 0 Å². The lowest BCUT2D eigenvalue weighted by atomic mass is 10.1. The number of para-hydroxylation sites is 1. The second kappa shape index (κ2) is 7.28. The largest absolute Gasteiger partial charge is 0.348 e. The minimum absolute atomic E-state index is 0.0966. The van der Waals surface area contributed by atoms with Gasteiger partial charge in [0.25, 0.3) is 5.91 Å². The zero-order valence-electron chi connectivity index (χ0n) is 12.8. The molecule has 112 valence electrons. The Bertz CT molecular complexity index is 735. The maximum atomic E-state index is 12.3. The minimum Gasteiger partial charge on any atom is -0.348 e. The summed E-state index contributed by atoms with van der Waals surface area (Å²) in [7, 11) is 0. The van der Waals surface area contributed by atoms with Crippen LogP contribution in [-0.2, 0) is 17.8 Å². The fourth-order valence-electron chi connectivity index (χ4n) is 2.28. The van der Waals surface area contributed by atoms with Gasteiger partial charge >= 0.3 is 0 Å². The van der Waals surface area contributed by atoms with Gasteiger partial charge in [-0.3, -0.25) is 4.79 Å². The van der Waals surface area contributed by atoms with E-state index in [-0.39, 0.29) is 11.5 Å². The van der Waals surface area contributed by atoms with Crippen LogP contribution in [0.2, 0.25) is 0 Å². The molecule has 0 aliphatic carbocycles. The predicted molar refractivity (Wildman–Crippen MR) is 88.1 cm³/mol. The molecule has 0 saturated carbocycles. The van der Waals surface area contributed by atoms with Gasteiger partial charge in [0.1, 0.15) is 11.6 Å². The van der Waals surface area contributed by atoms with Gasteiger partial charge in [0.15, 0.2) is 0 Å². The first-order chi connectivity index (χ1) is 10.7. The number of hydrogen-bond donors (Lipinski definition) is 1. The third-order valence-corrected chi connectivity index (χ3v) is 3.51. The lowest BCUT2D eigenvalue weighted by Crippen LogP contribution is -2.15. The van der Waals surface area contributed by atoms with E-state index in [1.165, 1.54) is 0 Å².